The van der Waals surface area contributed by atoms with E-state index in [-0.39, 0.29) is 17.9 Å². The van der Waals surface area contributed by atoms with E-state index >= 15 is 0 Å². The molecule has 1 fully saturated rings. The zero-order valence-electron chi connectivity index (χ0n) is 11.4. The molecule has 4 nitrogen and oxygen atoms in total. The molecule has 0 saturated carbocycles. The lowest BCUT2D eigenvalue weighted by molar-refractivity contribution is -0.133. The molecule has 1 aliphatic rings. The Hall–Kier alpha value is -0.610. The van der Waals surface area contributed by atoms with Crippen molar-refractivity contribution in [2.45, 2.75) is 33.6 Å². The van der Waals surface area contributed by atoms with Crippen molar-refractivity contribution < 1.29 is 9.90 Å². The molecule has 4 heteroatoms. The van der Waals surface area contributed by atoms with Gasteiger partial charge in [-0.2, -0.15) is 0 Å². The highest BCUT2D eigenvalue weighted by Gasteiger charge is 2.31. The van der Waals surface area contributed by atoms with Crippen molar-refractivity contribution in [2.24, 2.45) is 5.41 Å². The number of amides is 1. The van der Waals surface area contributed by atoms with Gasteiger partial charge in [-0.3, -0.25) is 9.69 Å². The first-order chi connectivity index (χ1) is 8.04. The lowest BCUT2D eigenvalue weighted by Crippen LogP contribution is -2.48. The molecule has 1 atom stereocenters. The lowest BCUT2D eigenvalue weighted by atomic mass is 9.83. The molecule has 1 heterocycles. The predicted molar refractivity (Wildman–Crippen MR) is 68.8 cm³/mol. The van der Waals surface area contributed by atoms with Gasteiger partial charge in [-0.15, -0.1) is 0 Å². The Morgan fingerprint density at radius 2 is 2.06 bits per heavy atom. The molecule has 1 N–H and O–H groups in total. The van der Waals surface area contributed by atoms with Crippen LogP contribution in [0.25, 0.3) is 0 Å². The summed E-state index contributed by atoms with van der Waals surface area (Å²) < 4.78 is 0. The molecule has 0 aromatic heterocycles. The summed E-state index contributed by atoms with van der Waals surface area (Å²) >= 11 is 0. The van der Waals surface area contributed by atoms with Crippen LogP contribution in [0.3, 0.4) is 0 Å². The van der Waals surface area contributed by atoms with Gasteiger partial charge < -0.3 is 10.0 Å². The molecule has 0 aromatic rings. The second kappa shape index (κ2) is 6.36. The van der Waals surface area contributed by atoms with E-state index in [0.29, 0.717) is 6.54 Å². The van der Waals surface area contributed by atoms with Gasteiger partial charge in [0, 0.05) is 31.7 Å². The molecule has 0 aromatic carbocycles. The van der Waals surface area contributed by atoms with Crippen molar-refractivity contribution in [1.29, 1.82) is 0 Å². The van der Waals surface area contributed by atoms with Gasteiger partial charge in [0.05, 0.1) is 6.54 Å². The van der Waals surface area contributed by atoms with Gasteiger partial charge in [0.2, 0.25) is 5.91 Å². The third-order valence-corrected chi connectivity index (χ3v) is 3.72. The maximum Gasteiger partial charge on any atom is 0.236 e. The molecule has 1 unspecified atom stereocenters. The minimum Gasteiger partial charge on any atom is -0.396 e. The second-order valence-electron chi connectivity index (χ2n) is 5.35. The topological polar surface area (TPSA) is 43.8 Å². The van der Waals surface area contributed by atoms with Crippen molar-refractivity contribution in [3.63, 3.8) is 0 Å². The molecule has 0 aliphatic carbocycles. The first-order valence-corrected chi connectivity index (χ1v) is 6.65. The van der Waals surface area contributed by atoms with Gasteiger partial charge >= 0.3 is 0 Å². The van der Waals surface area contributed by atoms with E-state index in [1.807, 2.05) is 18.7 Å². The van der Waals surface area contributed by atoms with E-state index in [1.165, 1.54) is 0 Å². The summed E-state index contributed by atoms with van der Waals surface area (Å²) in [5.41, 5.74) is -0.0260. The van der Waals surface area contributed by atoms with E-state index in [2.05, 4.69) is 11.8 Å². The Bertz CT molecular complexity index is 254. The Kier molecular flexibility index (Phi) is 5.40. The van der Waals surface area contributed by atoms with Gasteiger partial charge in [-0.05, 0) is 33.2 Å². The number of hydrogen-bond donors (Lipinski definition) is 1. The number of likely N-dealkylation sites (N-methyl/N-ethyl adjacent to an activating group) is 1. The van der Waals surface area contributed by atoms with Gasteiger partial charge in [-0.1, -0.05) is 6.92 Å². The van der Waals surface area contributed by atoms with Crippen LogP contribution < -0.4 is 0 Å². The molecular weight excluding hydrogens is 216 g/mol. The highest BCUT2D eigenvalue weighted by atomic mass is 16.3. The fourth-order valence-corrected chi connectivity index (χ4v) is 2.56. The van der Waals surface area contributed by atoms with Crippen LogP contribution >= 0.6 is 0 Å². The Morgan fingerprint density at radius 1 is 1.41 bits per heavy atom. The maximum absolute atomic E-state index is 12.0. The molecule has 1 rings (SSSR count). The zero-order valence-corrected chi connectivity index (χ0v) is 11.4. The van der Waals surface area contributed by atoms with E-state index in [0.717, 1.165) is 39.0 Å². The molecule has 1 amide bonds. The van der Waals surface area contributed by atoms with Crippen molar-refractivity contribution in [2.75, 3.05) is 39.3 Å². The van der Waals surface area contributed by atoms with Crippen LogP contribution in [0.2, 0.25) is 0 Å². The van der Waals surface area contributed by atoms with Gasteiger partial charge in [0.15, 0.2) is 0 Å². The summed E-state index contributed by atoms with van der Waals surface area (Å²) in [6, 6.07) is 0. The van der Waals surface area contributed by atoms with Crippen LogP contribution in [0.4, 0.5) is 0 Å². The smallest absolute Gasteiger partial charge is 0.236 e. The lowest BCUT2D eigenvalue weighted by Gasteiger charge is -2.39. The zero-order chi connectivity index (χ0) is 12.9. The van der Waals surface area contributed by atoms with E-state index in [9.17, 15) is 9.90 Å². The molecule has 1 aliphatic heterocycles. The Labute approximate surface area is 105 Å². The first-order valence-electron chi connectivity index (χ1n) is 6.65. The largest absolute Gasteiger partial charge is 0.396 e. The maximum atomic E-state index is 12.0. The number of nitrogens with zero attached hydrogens (tertiary/aromatic N) is 2. The summed E-state index contributed by atoms with van der Waals surface area (Å²) in [5.74, 6) is 0.206. The number of aliphatic hydroxyl groups is 1. The van der Waals surface area contributed by atoms with Crippen LogP contribution in [0.5, 0.6) is 0 Å². The number of hydrogen-bond acceptors (Lipinski definition) is 3. The van der Waals surface area contributed by atoms with Crippen LogP contribution in [-0.4, -0.2) is 60.1 Å². The SMILES string of the molecule is CCN(CC)C(=O)CN1CCCC(C)(CO)C1. The summed E-state index contributed by atoms with van der Waals surface area (Å²) in [7, 11) is 0. The highest BCUT2D eigenvalue weighted by Crippen LogP contribution is 2.28. The molecule has 100 valence electrons. The van der Waals surface area contributed by atoms with Gasteiger partial charge in [0.1, 0.15) is 0 Å². The van der Waals surface area contributed by atoms with Crippen molar-refractivity contribution in [3.8, 4) is 0 Å². The Morgan fingerprint density at radius 3 is 2.59 bits per heavy atom. The number of piperidine rings is 1. The standard InChI is InChI=1S/C13H26N2O2/c1-4-15(5-2)12(17)9-14-8-6-7-13(3,10-14)11-16/h16H,4-11H2,1-3H3. The van der Waals surface area contributed by atoms with Crippen LogP contribution in [0.15, 0.2) is 0 Å². The summed E-state index contributed by atoms with van der Waals surface area (Å²) in [6.45, 7) is 10.2. The molecule has 1 saturated heterocycles. The molecule has 0 bridgehead atoms. The van der Waals surface area contributed by atoms with Crippen LogP contribution in [0.1, 0.15) is 33.6 Å². The number of carbonyl (C=O) groups is 1. The number of carbonyl (C=O) groups excluding carboxylic acids is 1. The number of rotatable bonds is 5. The monoisotopic (exact) mass is 242 g/mol. The van der Waals surface area contributed by atoms with Crippen LogP contribution in [-0.2, 0) is 4.79 Å². The van der Waals surface area contributed by atoms with Crippen molar-refractivity contribution >= 4 is 5.91 Å². The Balaban J connectivity index is 2.48. The average Bonchev–Trinajstić information content (AvgIpc) is 2.30. The highest BCUT2D eigenvalue weighted by molar-refractivity contribution is 5.78. The molecular formula is C13H26N2O2. The van der Waals surface area contributed by atoms with Crippen LogP contribution in [0, 0.1) is 5.41 Å². The molecule has 17 heavy (non-hydrogen) atoms. The summed E-state index contributed by atoms with van der Waals surface area (Å²) in [5, 5.41) is 9.38. The first kappa shape index (κ1) is 14.5. The van der Waals surface area contributed by atoms with Gasteiger partial charge in [-0.25, -0.2) is 0 Å². The third kappa shape index (κ3) is 3.96. The quantitative estimate of drug-likeness (QED) is 0.780. The third-order valence-electron chi connectivity index (χ3n) is 3.72. The van der Waals surface area contributed by atoms with E-state index in [1.54, 1.807) is 0 Å². The average molecular weight is 242 g/mol. The fourth-order valence-electron chi connectivity index (χ4n) is 2.56. The second-order valence-corrected chi connectivity index (χ2v) is 5.35. The van der Waals surface area contributed by atoms with Gasteiger partial charge in [0.25, 0.3) is 0 Å². The summed E-state index contributed by atoms with van der Waals surface area (Å²) in [6.07, 6.45) is 2.13. The minimum absolute atomic E-state index is 0.0260. The predicted octanol–water partition coefficient (Wildman–Crippen LogP) is 0.949. The molecule has 0 spiro atoms. The molecule has 0 radical (unpaired) electrons. The van der Waals surface area contributed by atoms with E-state index < -0.39 is 0 Å². The summed E-state index contributed by atoms with van der Waals surface area (Å²) in [4.78, 5) is 16.0. The number of aliphatic hydroxyl groups excluding tert-OH is 1. The number of likely N-dealkylation sites (tertiary alicyclic amines) is 1. The van der Waals surface area contributed by atoms with Crippen molar-refractivity contribution in [1.82, 2.24) is 9.80 Å². The normalized spacial score (nSPS) is 25.9. The van der Waals surface area contributed by atoms with Crippen molar-refractivity contribution in [3.05, 3.63) is 0 Å². The fraction of sp³-hybridized carbons (Fsp3) is 0.923. The minimum atomic E-state index is -0.0260. The van der Waals surface area contributed by atoms with E-state index in [4.69, 9.17) is 0 Å².